The van der Waals surface area contributed by atoms with E-state index >= 15 is 4.39 Å². The molecule has 2 aliphatic carbocycles. The van der Waals surface area contributed by atoms with Crippen molar-refractivity contribution in [1.82, 2.24) is 19.5 Å². The number of fused-ring (bicyclic) bond motifs is 1. The van der Waals surface area contributed by atoms with Gasteiger partial charge in [-0.1, -0.05) is 18.9 Å². The second-order valence-corrected chi connectivity index (χ2v) is 10.5. The van der Waals surface area contributed by atoms with Crippen LogP contribution in [0.2, 0.25) is 0 Å². The Balaban J connectivity index is 1.33. The van der Waals surface area contributed by atoms with Crippen molar-refractivity contribution in [2.45, 2.75) is 69.7 Å². The zero-order chi connectivity index (χ0) is 25.0. The lowest BCUT2D eigenvalue weighted by Crippen LogP contribution is -2.38. The number of hydrogen-bond donors (Lipinski definition) is 0. The number of esters is 1. The van der Waals surface area contributed by atoms with Crippen LogP contribution in [-0.4, -0.2) is 51.1 Å². The van der Waals surface area contributed by atoms with Crippen LogP contribution in [0.1, 0.15) is 85.5 Å². The summed E-state index contributed by atoms with van der Waals surface area (Å²) in [6.07, 6.45) is 7.10. The van der Waals surface area contributed by atoms with E-state index in [1.54, 1.807) is 16.6 Å². The lowest BCUT2D eigenvalue weighted by atomic mass is 10.0. The zero-order valence-corrected chi connectivity index (χ0v) is 20.7. The average molecular weight is 491 g/mol. The molecular weight excluding hydrogens is 459 g/mol. The van der Waals surface area contributed by atoms with Gasteiger partial charge >= 0.3 is 5.97 Å². The first kappa shape index (κ1) is 23.1. The lowest BCUT2D eigenvalue weighted by molar-refractivity contribution is -0.142. The minimum Gasteiger partial charge on any atom is -0.469 e. The SMILES string of the molecule is COC(=O)[C@@H]1CC1c1ccc(-c2cc3nc(C(=O)N4CCCCC[C@H]4C)cc(C4CC4)n3n2)c(F)c1. The fourth-order valence-corrected chi connectivity index (χ4v) is 5.58. The topological polar surface area (TPSA) is 76.8 Å². The molecular formula is C28H31FN4O3. The number of benzene rings is 1. The summed E-state index contributed by atoms with van der Waals surface area (Å²) in [4.78, 5) is 31.9. The van der Waals surface area contributed by atoms with Crippen LogP contribution in [0.15, 0.2) is 30.3 Å². The van der Waals surface area contributed by atoms with Gasteiger partial charge in [-0.25, -0.2) is 13.9 Å². The molecule has 3 atom stereocenters. The maximum absolute atomic E-state index is 15.2. The van der Waals surface area contributed by atoms with Crippen LogP contribution >= 0.6 is 0 Å². The summed E-state index contributed by atoms with van der Waals surface area (Å²) in [6, 6.07) is 8.93. The molecule has 3 fully saturated rings. The maximum atomic E-state index is 15.2. The molecule has 2 saturated carbocycles. The molecule has 3 heterocycles. The van der Waals surface area contributed by atoms with E-state index < -0.39 is 0 Å². The number of carbonyl (C=O) groups excluding carboxylic acids is 2. The van der Waals surface area contributed by atoms with Crippen molar-refractivity contribution in [2.75, 3.05) is 13.7 Å². The third-order valence-electron chi connectivity index (χ3n) is 7.97. The molecule has 0 N–H and O–H groups in total. The summed E-state index contributed by atoms with van der Waals surface area (Å²) in [5, 5.41) is 4.71. The van der Waals surface area contributed by atoms with Gasteiger partial charge < -0.3 is 9.64 Å². The Bertz CT molecular complexity index is 1350. The Morgan fingerprint density at radius 2 is 1.92 bits per heavy atom. The number of rotatable bonds is 5. The number of halogens is 1. The zero-order valence-electron chi connectivity index (χ0n) is 20.7. The summed E-state index contributed by atoms with van der Waals surface area (Å²) in [7, 11) is 1.38. The standard InChI is InChI=1S/C28H31FN4O3/c1-16-6-4-3-5-11-32(16)27(34)24-14-25(17-7-8-17)33-26(30-24)15-23(31-33)19-10-9-18(12-22(19)29)20-13-21(20)28(35)36-2/h9-10,12,14-17,20-21H,3-8,11,13H2,1-2H3/t16-,20?,21-/m1/s1. The Hall–Kier alpha value is -3.29. The Morgan fingerprint density at radius 3 is 2.67 bits per heavy atom. The summed E-state index contributed by atoms with van der Waals surface area (Å²) < 4.78 is 21.8. The van der Waals surface area contributed by atoms with Crippen molar-refractivity contribution < 1.29 is 18.7 Å². The van der Waals surface area contributed by atoms with Gasteiger partial charge in [0.25, 0.3) is 5.91 Å². The molecule has 1 aliphatic heterocycles. The molecule has 7 nitrogen and oxygen atoms in total. The van der Waals surface area contributed by atoms with Gasteiger partial charge in [0.2, 0.25) is 0 Å². The number of aromatic nitrogens is 3. The van der Waals surface area contributed by atoms with Gasteiger partial charge in [-0.2, -0.15) is 5.10 Å². The number of ether oxygens (including phenoxy) is 1. The fourth-order valence-electron chi connectivity index (χ4n) is 5.58. The molecule has 1 amide bonds. The average Bonchev–Trinajstić information content (AvgIpc) is 3.79. The fraction of sp³-hybridized carbons (Fsp3) is 0.500. The van der Waals surface area contributed by atoms with Crippen molar-refractivity contribution in [3.63, 3.8) is 0 Å². The van der Waals surface area contributed by atoms with Crippen LogP contribution in [-0.2, 0) is 9.53 Å². The van der Waals surface area contributed by atoms with Gasteiger partial charge in [-0.05, 0) is 68.7 Å². The number of hydrogen-bond acceptors (Lipinski definition) is 5. The van der Waals surface area contributed by atoms with Crippen molar-refractivity contribution in [3.8, 4) is 11.3 Å². The van der Waals surface area contributed by atoms with E-state index in [9.17, 15) is 9.59 Å². The normalized spacial score (nSPS) is 24.0. The lowest BCUT2D eigenvalue weighted by Gasteiger charge is -2.27. The highest BCUT2D eigenvalue weighted by Crippen LogP contribution is 2.48. The molecule has 3 aromatic rings. The van der Waals surface area contributed by atoms with Crippen LogP contribution in [0.4, 0.5) is 4.39 Å². The monoisotopic (exact) mass is 490 g/mol. The summed E-state index contributed by atoms with van der Waals surface area (Å²) >= 11 is 0. The van der Waals surface area contributed by atoms with E-state index in [1.807, 2.05) is 17.0 Å². The number of nitrogens with zero attached hydrogens (tertiary/aromatic N) is 4. The summed E-state index contributed by atoms with van der Waals surface area (Å²) in [5.41, 5.74) is 3.65. The minimum absolute atomic E-state index is 0.000143. The van der Waals surface area contributed by atoms with Crippen LogP contribution in [0, 0.1) is 11.7 Å². The van der Waals surface area contributed by atoms with E-state index in [-0.39, 0.29) is 35.6 Å². The number of likely N-dealkylation sites (tertiary alicyclic amines) is 1. The first-order valence-electron chi connectivity index (χ1n) is 13.0. The largest absolute Gasteiger partial charge is 0.469 e. The van der Waals surface area contributed by atoms with Gasteiger partial charge in [0.05, 0.1) is 18.7 Å². The van der Waals surface area contributed by atoms with E-state index in [0.717, 1.165) is 56.3 Å². The Kier molecular flexibility index (Phi) is 5.77. The highest BCUT2D eigenvalue weighted by atomic mass is 19.1. The number of amides is 1. The van der Waals surface area contributed by atoms with Crippen LogP contribution < -0.4 is 0 Å². The van der Waals surface area contributed by atoms with E-state index in [4.69, 9.17) is 14.8 Å². The third-order valence-corrected chi connectivity index (χ3v) is 7.97. The van der Waals surface area contributed by atoms with E-state index in [1.165, 1.54) is 13.2 Å². The smallest absolute Gasteiger partial charge is 0.309 e. The highest BCUT2D eigenvalue weighted by Gasteiger charge is 2.45. The molecule has 3 aliphatic rings. The van der Waals surface area contributed by atoms with Crippen LogP contribution in [0.3, 0.4) is 0 Å². The van der Waals surface area contributed by atoms with E-state index in [0.29, 0.717) is 34.9 Å². The van der Waals surface area contributed by atoms with Gasteiger partial charge in [0.1, 0.15) is 11.5 Å². The molecule has 1 aromatic carbocycles. The molecule has 0 bridgehead atoms. The van der Waals surface area contributed by atoms with Crippen molar-refractivity contribution in [3.05, 3.63) is 53.1 Å². The molecule has 188 valence electrons. The van der Waals surface area contributed by atoms with Crippen LogP contribution in [0.25, 0.3) is 16.9 Å². The summed E-state index contributed by atoms with van der Waals surface area (Å²) in [6.45, 7) is 2.87. The molecule has 1 unspecified atom stereocenters. The molecule has 36 heavy (non-hydrogen) atoms. The number of methoxy groups -OCH3 is 1. The molecule has 0 spiro atoms. The Labute approximate surface area is 209 Å². The van der Waals surface area contributed by atoms with Crippen molar-refractivity contribution in [1.29, 1.82) is 0 Å². The van der Waals surface area contributed by atoms with Gasteiger partial charge in [-0.3, -0.25) is 9.59 Å². The molecule has 6 rings (SSSR count). The van der Waals surface area contributed by atoms with Crippen molar-refractivity contribution in [2.24, 2.45) is 5.92 Å². The minimum atomic E-state index is -0.380. The molecule has 1 saturated heterocycles. The second-order valence-electron chi connectivity index (χ2n) is 10.5. The first-order valence-corrected chi connectivity index (χ1v) is 13.0. The Morgan fingerprint density at radius 1 is 1.08 bits per heavy atom. The summed E-state index contributed by atoms with van der Waals surface area (Å²) in [5.74, 6) is -0.508. The van der Waals surface area contributed by atoms with E-state index in [2.05, 4.69) is 6.92 Å². The van der Waals surface area contributed by atoms with Gasteiger partial charge in [-0.15, -0.1) is 0 Å². The van der Waals surface area contributed by atoms with Crippen molar-refractivity contribution >= 4 is 17.5 Å². The molecule has 8 heteroatoms. The molecule has 2 aromatic heterocycles. The van der Waals surface area contributed by atoms with Crippen LogP contribution in [0.5, 0.6) is 0 Å². The van der Waals surface area contributed by atoms with Gasteiger partial charge in [0, 0.05) is 35.8 Å². The third kappa shape index (κ3) is 4.16. The second kappa shape index (κ2) is 8.98. The first-order chi connectivity index (χ1) is 17.4. The molecule has 0 radical (unpaired) electrons. The predicted octanol–water partition coefficient (Wildman–Crippen LogP) is 5.09. The highest BCUT2D eigenvalue weighted by molar-refractivity contribution is 5.93. The van der Waals surface area contributed by atoms with Gasteiger partial charge in [0.15, 0.2) is 5.65 Å². The quantitative estimate of drug-likeness (QED) is 0.466. The number of carbonyl (C=O) groups is 2. The predicted molar refractivity (Wildman–Crippen MR) is 132 cm³/mol. The maximum Gasteiger partial charge on any atom is 0.309 e.